The standard InChI is InChI=1S/C18H24N2O2S/c1-12(2)23-16-7-3-13(4-8-16)9-17(21)19-14-10-18(22)20(11-14)15-5-6-15/h3-4,7-8,12,14-15H,5-6,9-11H2,1-2H3,(H,19,21). The maximum absolute atomic E-state index is 12.2. The number of rotatable bonds is 6. The van der Waals surface area contributed by atoms with E-state index in [1.807, 2.05) is 28.8 Å². The summed E-state index contributed by atoms with van der Waals surface area (Å²) in [6.07, 6.45) is 3.06. The lowest BCUT2D eigenvalue weighted by Gasteiger charge is -2.16. The van der Waals surface area contributed by atoms with Crippen LogP contribution in [0.15, 0.2) is 29.2 Å². The monoisotopic (exact) mass is 332 g/mol. The Morgan fingerprint density at radius 3 is 2.61 bits per heavy atom. The van der Waals surface area contributed by atoms with E-state index in [1.54, 1.807) is 0 Å². The molecule has 1 heterocycles. The predicted octanol–water partition coefficient (Wildman–Crippen LogP) is 2.61. The summed E-state index contributed by atoms with van der Waals surface area (Å²) >= 11 is 1.82. The fourth-order valence-electron chi connectivity index (χ4n) is 2.99. The van der Waals surface area contributed by atoms with Gasteiger partial charge in [0.15, 0.2) is 0 Å². The normalized spacial score (nSPS) is 21.1. The lowest BCUT2D eigenvalue weighted by atomic mass is 10.1. The first kappa shape index (κ1) is 16.4. The van der Waals surface area contributed by atoms with Crippen molar-refractivity contribution in [2.45, 2.75) is 61.8 Å². The molecule has 4 nitrogen and oxygen atoms in total. The summed E-state index contributed by atoms with van der Waals surface area (Å²) < 4.78 is 0. The third-order valence-corrected chi connectivity index (χ3v) is 5.19. The van der Waals surface area contributed by atoms with Crippen molar-refractivity contribution in [1.82, 2.24) is 10.2 Å². The molecule has 2 fully saturated rings. The van der Waals surface area contributed by atoms with Crippen LogP contribution in [-0.4, -0.2) is 40.6 Å². The third-order valence-electron chi connectivity index (χ3n) is 4.17. The quantitative estimate of drug-likeness (QED) is 0.815. The molecule has 0 bridgehead atoms. The summed E-state index contributed by atoms with van der Waals surface area (Å²) in [6.45, 7) is 5.01. The molecule has 1 saturated carbocycles. The number of nitrogens with zero attached hydrogens (tertiary/aromatic N) is 1. The van der Waals surface area contributed by atoms with Crippen LogP contribution in [-0.2, 0) is 16.0 Å². The van der Waals surface area contributed by atoms with Gasteiger partial charge in [0.1, 0.15) is 0 Å². The third kappa shape index (κ3) is 4.50. The van der Waals surface area contributed by atoms with Gasteiger partial charge in [0, 0.05) is 29.2 Å². The van der Waals surface area contributed by atoms with Crippen molar-refractivity contribution >= 4 is 23.6 Å². The van der Waals surface area contributed by atoms with Crippen LogP contribution in [0, 0.1) is 0 Å². The van der Waals surface area contributed by atoms with Gasteiger partial charge in [0.05, 0.1) is 12.5 Å². The zero-order valence-electron chi connectivity index (χ0n) is 13.7. The Morgan fingerprint density at radius 2 is 2.00 bits per heavy atom. The van der Waals surface area contributed by atoms with E-state index in [2.05, 4.69) is 31.3 Å². The lowest BCUT2D eigenvalue weighted by molar-refractivity contribution is -0.128. The minimum Gasteiger partial charge on any atom is -0.351 e. The average molecular weight is 332 g/mol. The lowest BCUT2D eigenvalue weighted by Crippen LogP contribution is -2.38. The van der Waals surface area contributed by atoms with Crippen molar-refractivity contribution in [3.8, 4) is 0 Å². The number of nitrogens with one attached hydrogen (secondary N) is 1. The molecular formula is C18H24N2O2S. The summed E-state index contributed by atoms with van der Waals surface area (Å²) in [4.78, 5) is 27.2. The molecule has 124 valence electrons. The van der Waals surface area contributed by atoms with Crippen LogP contribution in [0.2, 0.25) is 0 Å². The number of hydrogen-bond acceptors (Lipinski definition) is 3. The van der Waals surface area contributed by atoms with Crippen molar-refractivity contribution in [3.05, 3.63) is 29.8 Å². The fourth-order valence-corrected chi connectivity index (χ4v) is 3.83. The molecule has 1 saturated heterocycles. The summed E-state index contributed by atoms with van der Waals surface area (Å²) in [5, 5.41) is 3.56. The van der Waals surface area contributed by atoms with Gasteiger partial charge in [-0.05, 0) is 30.5 Å². The van der Waals surface area contributed by atoms with Gasteiger partial charge in [0.25, 0.3) is 0 Å². The molecule has 1 atom stereocenters. The van der Waals surface area contributed by atoms with Gasteiger partial charge in [-0.15, -0.1) is 11.8 Å². The summed E-state index contributed by atoms with van der Waals surface area (Å²) in [6, 6.07) is 8.59. The molecule has 3 rings (SSSR count). The molecule has 1 N–H and O–H groups in total. The van der Waals surface area contributed by atoms with Crippen LogP contribution in [0.25, 0.3) is 0 Å². The average Bonchev–Trinajstić information content (AvgIpc) is 3.25. The van der Waals surface area contributed by atoms with E-state index in [9.17, 15) is 9.59 Å². The molecule has 5 heteroatoms. The molecule has 1 unspecified atom stereocenters. The first-order valence-electron chi connectivity index (χ1n) is 8.35. The molecule has 1 aliphatic heterocycles. The first-order valence-corrected chi connectivity index (χ1v) is 9.23. The van der Waals surface area contributed by atoms with Gasteiger partial charge in [-0.1, -0.05) is 26.0 Å². The second-order valence-electron chi connectivity index (χ2n) is 6.73. The van der Waals surface area contributed by atoms with Crippen LogP contribution in [0.5, 0.6) is 0 Å². The molecule has 0 spiro atoms. The second-order valence-corrected chi connectivity index (χ2v) is 8.38. The molecule has 2 amide bonds. The Hall–Kier alpha value is -1.49. The van der Waals surface area contributed by atoms with Crippen molar-refractivity contribution in [2.24, 2.45) is 0 Å². The van der Waals surface area contributed by atoms with E-state index in [0.29, 0.717) is 30.7 Å². The molecule has 1 aromatic rings. The van der Waals surface area contributed by atoms with Gasteiger partial charge in [0.2, 0.25) is 11.8 Å². The smallest absolute Gasteiger partial charge is 0.225 e. The Bertz CT molecular complexity index is 581. The molecule has 1 aliphatic carbocycles. The zero-order valence-corrected chi connectivity index (χ0v) is 14.6. The van der Waals surface area contributed by atoms with E-state index in [-0.39, 0.29) is 17.9 Å². The summed E-state index contributed by atoms with van der Waals surface area (Å²) in [5.74, 6) is 0.192. The van der Waals surface area contributed by atoms with Crippen molar-refractivity contribution in [3.63, 3.8) is 0 Å². The highest BCUT2D eigenvalue weighted by atomic mass is 32.2. The highest BCUT2D eigenvalue weighted by Gasteiger charge is 2.39. The number of benzene rings is 1. The van der Waals surface area contributed by atoms with Crippen LogP contribution in [0.3, 0.4) is 0 Å². The second kappa shape index (κ2) is 6.95. The zero-order chi connectivity index (χ0) is 16.4. The van der Waals surface area contributed by atoms with Crippen molar-refractivity contribution in [1.29, 1.82) is 0 Å². The van der Waals surface area contributed by atoms with Crippen LogP contribution >= 0.6 is 11.8 Å². The summed E-state index contributed by atoms with van der Waals surface area (Å²) in [7, 11) is 0. The van der Waals surface area contributed by atoms with Gasteiger partial charge in [-0.25, -0.2) is 0 Å². The van der Waals surface area contributed by atoms with Crippen molar-refractivity contribution in [2.75, 3.05) is 6.54 Å². The Balaban J connectivity index is 1.48. The topological polar surface area (TPSA) is 49.4 Å². The van der Waals surface area contributed by atoms with E-state index in [1.165, 1.54) is 4.90 Å². The molecule has 23 heavy (non-hydrogen) atoms. The number of likely N-dealkylation sites (tertiary alicyclic amines) is 1. The van der Waals surface area contributed by atoms with Gasteiger partial charge in [-0.2, -0.15) is 0 Å². The molecular weight excluding hydrogens is 308 g/mol. The largest absolute Gasteiger partial charge is 0.351 e. The number of carbonyl (C=O) groups excluding carboxylic acids is 2. The highest BCUT2D eigenvalue weighted by Crippen LogP contribution is 2.30. The maximum atomic E-state index is 12.2. The fraction of sp³-hybridized carbons (Fsp3) is 0.556. The van der Waals surface area contributed by atoms with E-state index < -0.39 is 0 Å². The highest BCUT2D eigenvalue weighted by molar-refractivity contribution is 7.99. The van der Waals surface area contributed by atoms with E-state index >= 15 is 0 Å². The first-order chi connectivity index (χ1) is 11.0. The van der Waals surface area contributed by atoms with Gasteiger partial charge < -0.3 is 10.2 Å². The Morgan fingerprint density at radius 1 is 1.30 bits per heavy atom. The minimum atomic E-state index is -0.0219. The van der Waals surface area contributed by atoms with Crippen LogP contribution in [0.4, 0.5) is 0 Å². The molecule has 1 aromatic carbocycles. The Labute approximate surface area is 142 Å². The molecule has 0 radical (unpaired) electrons. The Kier molecular flexibility index (Phi) is 4.95. The predicted molar refractivity (Wildman–Crippen MR) is 92.4 cm³/mol. The maximum Gasteiger partial charge on any atom is 0.225 e. The van der Waals surface area contributed by atoms with E-state index in [0.717, 1.165) is 18.4 Å². The van der Waals surface area contributed by atoms with Crippen LogP contribution < -0.4 is 5.32 Å². The molecule has 2 aliphatic rings. The number of carbonyl (C=O) groups is 2. The van der Waals surface area contributed by atoms with Gasteiger partial charge >= 0.3 is 0 Å². The number of thioether (sulfide) groups is 1. The minimum absolute atomic E-state index is 0.00436. The van der Waals surface area contributed by atoms with Gasteiger partial charge in [-0.3, -0.25) is 9.59 Å². The van der Waals surface area contributed by atoms with Crippen LogP contribution in [0.1, 0.15) is 38.7 Å². The van der Waals surface area contributed by atoms with E-state index in [4.69, 9.17) is 0 Å². The SMILES string of the molecule is CC(C)Sc1ccc(CC(=O)NC2CC(=O)N(C3CC3)C2)cc1. The summed E-state index contributed by atoms with van der Waals surface area (Å²) in [5.41, 5.74) is 1.01. The molecule has 0 aromatic heterocycles. The number of hydrogen-bond donors (Lipinski definition) is 1. The van der Waals surface area contributed by atoms with Crippen molar-refractivity contribution < 1.29 is 9.59 Å². The number of amides is 2.